The molecule has 2 aromatic rings. The van der Waals surface area contributed by atoms with Gasteiger partial charge in [0.05, 0.1) is 12.5 Å². The Bertz CT molecular complexity index is 586. The molecule has 0 saturated heterocycles. The molecule has 0 fully saturated rings. The number of anilines is 2. The van der Waals surface area contributed by atoms with Gasteiger partial charge in [-0.2, -0.15) is 5.26 Å². The van der Waals surface area contributed by atoms with Crippen LogP contribution in [0.25, 0.3) is 0 Å². The quantitative estimate of drug-likeness (QED) is 0.787. The minimum Gasteiger partial charge on any atom is -0.369 e. The minimum atomic E-state index is 0.454. The molecule has 0 aliphatic heterocycles. The third kappa shape index (κ3) is 4.25. The Morgan fingerprint density at radius 1 is 1.10 bits per heavy atom. The summed E-state index contributed by atoms with van der Waals surface area (Å²) in [5, 5.41) is 14.8. The lowest BCUT2D eigenvalue weighted by atomic mass is 10.1. The smallest absolute Gasteiger partial charge is 0.131 e. The van der Waals surface area contributed by atoms with E-state index in [0.29, 0.717) is 13.0 Å². The Kier molecular flexibility index (Phi) is 4.90. The van der Waals surface area contributed by atoms with Crippen LogP contribution in [0.2, 0.25) is 0 Å². The van der Waals surface area contributed by atoms with Crippen LogP contribution in [0.15, 0.2) is 36.7 Å². The lowest BCUT2D eigenvalue weighted by Crippen LogP contribution is -2.05. The average molecular weight is 267 g/mol. The van der Waals surface area contributed by atoms with Crippen molar-refractivity contribution in [2.24, 2.45) is 0 Å². The second-order valence-electron chi connectivity index (χ2n) is 4.46. The van der Waals surface area contributed by atoms with Crippen molar-refractivity contribution in [3.8, 4) is 6.07 Å². The van der Waals surface area contributed by atoms with Gasteiger partial charge in [-0.1, -0.05) is 29.8 Å². The SMILES string of the molecule is Cc1ccc(CNc2cc(NCCC#N)ncn2)cc1. The number of rotatable bonds is 6. The number of nitriles is 1. The summed E-state index contributed by atoms with van der Waals surface area (Å²) in [6.07, 6.45) is 1.96. The summed E-state index contributed by atoms with van der Waals surface area (Å²) in [5.74, 6) is 1.49. The van der Waals surface area contributed by atoms with E-state index in [1.165, 1.54) is 17.5 Å². The highest BCUT2D eigenvalue weighted by Gasteiger charge is 1.99. The Hall–Kier alpha value is -2.61. The number of hydrogen-bond donors (Lipinski definition) is 2. The fourth-order valence-corrected chi connectivity index (χ4v) is 1.70. The molecule has 0 spiro atoms. The van der Waals surface area contributed by atoms with Crippen molar-refractivity contribution in [2.75, 3.05) is 17.2 Å². The zero-order chi connectivity index (χ0) is 14.2. The fourth-order valence-electron chi connectivity index (χ4n) is 1.70. The molecule has 0 radical (unpaired) electrons. The van der Waals surface area contributed by atoms with Crippen LogP contribution in [0.5, 0.6) is 0 Å². The van der Waals surface area contributed by atoms with Crippen molar-refractivity contribution in [3.05, 3.63) is 47.8 Å². The summed E-state index contributed by atoms with van der Waals surface area (Å²) in [4.78, 5) is 8.28. The average Bonchev–Trinajstić information content (AvgIpc) is 2.47. The summed E-state index contributed by atoms with van der Waals surface area (Å²) < 4.78 is 0. The van der Waals surface area contributed by atoms with Gasteiger partial charge in [0, 0.05) is 19.2 Å². The van der Waals surface area contributed by atoms with Crippen LogP contribution < -0.4 is 10.6 Å². The summed E-state index contributed by atoms with van der Waals surface area (Å²) in [5.41, 5.74) is 2.45. The topological polar surface area (TPSA) is 73.6 Å². The Morgan fingerprint density at radius 2 is 1.80 bits per heavy atom. The highest BCUT2D eigenvalue weighted by atomic mass is 15.1. The van der Waals surface area contributed by atoms with Crippen molar-refractivity contribution in [3.63, 3.8) is 0 Å². The lowest BCUT2D eigenvalue weighted by Gasteiger charge is -2.08. The molecule has 1 aromatic carbocycles. The molecule has 5 heteroatoms. The standard InChI is InChI=1S/C15H17N5/c1-12-3-5-13(6-4-12)10-18-15-9-14(19-11-20-15)17-8-2-7-16/h3-6,9,11H,2,8,10H2,1H3,(H2,17,18,19,20). The maximum absolute atomic E-state index is 8.49. The van der Waals surface area contributed by atoms with Crippen LogP contribution >= 0.6 is 0 Å². The van der Waals surface area contributed by atoms with E-state index < -0.39 is 0 Å². The second-order valence-corrected chi connectivity index (χ2v) is 4.46. The highest BCUT2D eigenvalue weighted by Crippen LogP contribution is 2.10. The van der Waals surface area contributed by atoms with E-state index in [1.54, 1.807) is 0 Å². The van der Waals surface area contributed by atoms with Crippen LogP contribution in [0.3, 0.4) is 0 Å². The summed E-state index contributed by atoms with van der Waals surface area (Å²) in [7, 11) is 0. The first-order chi connectivity index (χ1) is 9.78. The van der Waals surface area contributed by atoms with Crippen molar-refractivity contribution in [1.82, 2.24) is 9.97 Å². The normalized spacial score (nSPS) is 9.80. The zero-order valence-electron chi connectivity index (χ0n) is 11.4. The van der Waals surface area contributed by atoms with Gasteiger partial charge in [0.15, 0.2) is 0 Å². The van der Waals surface area contributed by atoms with Gasteiger partial charge in [-0.25, -0.2) is 9.97 Å². The molecule has 0 aliphatic rings. The minimum absolute atomic E-state index is 0.454. The first-order valence-electron chi connectivity index (χ1n) is 6.50. The number of hydrogen-bond acceptors (Lipinski definition) is 5. The first kappa shape index (κ1) is 13.8. The monoisotopic (exact) mass is 267 g/mol. The predicted octanol–water partition coefficient (Wildman–Crippen LogP) is 2.72. The second kappa shape index (κ2) is 7.10. The van der Waals surface area contributed by atoms with Gasteiger partial charge < -0.3 is 10.6 Å². The first-order valence-corrected chi connectivity index (χ1v) is 6.50. The van der Waals surface area contributed by atoms with Gasteiger partial charge in [-0.3, -0.25) is 0 Å². The third-order valence-electron chi connectivity index (χ3n) is 2.80. The van der Waals surface area contributed by atoms with Gasteiger partial charge >= 0.3 is 0 Å². The van der Waals surface area contributed by atoms with E-state index in [2.05, 4.69) is 57.9 Å². The number of benzene rings is 1. The maximum Gasteiger partial charge on any atom is 0.131 e. The molecule has 0 bridgehead atoms. The fraction of sp³-hybridized carbons (Fsp3) is 0.267. The highest BCUT2D eigenvalue weighted by molar-refractivity contribution is 5.46. The molecule has 5 nitrogen and oxygen atoms in total. The predicted molar refractivity (Wildman–Crippen MR) is 79.3 cm³/mol. The molecule has 0 atom stereocenters. The number of aromatic nitrogens is 2. The van der Waals surface area contributed by atoms with E-state index in [-0.39, 0.29) is 0 Å². The van der Waals surface area contributed by atoms with Gasteiger partial charge in [-0.05, 0) is 12.5 Å². The summed E-state index contributed by atoms with van der Waals surface area (Å²) in [6, 6.07) is 12.3. The molecule has 0 aliphatic carbocycles. The number of nitrogens with one attached hydrogen (secondary N) is 2. The van der Waals surface area contributed by atoms with Crippen LogP contribution in [0.1, 0.15) is 17.5 Å². The molecule has 102 valence electrons. The Morgan fingerprint density at radius 3 is 2.50 bits per heavy atom. The summed E-state index contributed by atoms with van der Waals surface area (Å²) >= 11 is 0. The van der Waals surface area contributed by atoms with Crippen molar-refractivity contribution in [2.45, 2.75) is 19.9 Å². The van der Waals surface area contributed by atoms with Crippen molar-refractivity contribution < 1.29 is 0 Å². The largest absolute Gasteiger partial charge is 0.369 e. The maximum atomic E-state index is 8.49. The molecular weight excluding hydrogens is 250 g/mol. The van der Waals surface area contributed by atoms with Crippen LogP contribution in [0.4, 0.5) is 11.6 Å². The molecule has 1 aromatic heterocycles. The molecule has 20 heavy (non-hydrogen) atoms. The Balaban J connectivity index is 1.91. The van der Waals surface area contributed by atoms with E-state index in [4.69, 9.17) is 5.26 Å². The molecule has 2 N–H and O–H groups in total. The Labute approximate surface area is 118 Å². The zero-order valence-corrected chi connectivity index (χ0v) is 11.4. The lowest BCUT2D eigenvalue weighted by molar-refractivity contribution is 1.03. The molecule has 0 amide bonds. The van der Waals surface area contributed by atoms with Crippen LogP contribution in [-0.4, -0.2) is 16.5 Å². The van der Waals surface area contributed by atoms with Gasteiger partial charge in [0.25, 0.3) is 0 Å². The molecule has 0 unspecified atom stereocenters. The van der Waals surface area contributed by atoms with Gasteiger partial charge in [0.2, 0.25) is 0 Å². The molecule has 0 saturated carbocycles. The van der Waals surface area contributed by atoms with E-state index in [0.717, 1.165) is 18.2 Å². The van der Waals surface area contributed by atoms with Crippen LogP contribution in [0, 0.1) is 18.3 Å². The number of nitrogens with zero attached hydrogens (tertiary/aromatic N) is 3. The van der Waals surface area contributed by atoms with Crippen molar-refractivity contribution >= 4 is 11.6 Å². The van der Waals surface area contributed by atoms with E-state index >= 15 is 0 Å². The van der Waals surface area contributed by atoms with Crippen LogP contribution in [-0.2, 0) is 6.54 Å². The summed E-state index contributed by atoms with van der Waals surface area (Å²) in [6.45, 7) is 3.38. The molecule has 2 rings (SSSR count). The molecule has 1 heterocycles. The van der Waals surface area contributed by atoms with E-state index in [9.17, 15) is 0 Å². The van der Waals surface area contributed by atoms with E-state index in [1.807, 2.05) is 6.07 Å². The third-order valence-corrected chi connectivity index (χ3v) is 2.80. The van der Waals surface area contributed by atoms with Gasteiger partial charge in [-0.15, -0.1) is 0 Å². The number of aryl methyl sites for hydroxylation is 1. The van der Waals surface area contributed by atoms with Crippen molar-refractivity contribution in [1.29, 1.82) is 5.26 Å². The molecular formula is C15H17N5. The van der Waals surface area contributed by atoms with Gasteiger partial charge in [0.1, 0.15) is 18.0 Å².